The van der Waals surface area contributed by atoms with Crippen LogP contribution in [0.2, 0.25) is 0 Å². The SMILES string of the molecule is Cc1cc(OCCC(=O)Nc2ccccc2N)ccc1F. The molecule has 0 saturated heterocycles. The summed E-state index contributed by atoms with van der Waals surface area (Å²) in [5.74, 6) is 0.0762. The van der Waals surface area contributed by atoms with Gasteiger partial charge in [-0.1, -0.05) is 12.1 Å². The molecule has 0 unspecified atom stereocenters. The Bertz CT molecular complexity index is 644. The fourth-order valence-electron chi connectivity index (χ4n) is 1.79. The summed E-state index contributed by atoms with van der Waals surface area (Å²) in [6.07, 6.45) is 0.185. The molecule has 2 rings (SSSR count). The summed E-state index contributed by atoms with van der Waals surface area (Å²) >= 11 is 0. The van der Waals surface area contributed by atoms with Crippen molar-refractivity contribution >= 4 is 17.3 Å². The highest BCUT2D eigenvalue weighted by molar-refractivity contribution is 5.93. The van der Waals surface area contributed by atoms with Crippen molar-refractivity contribution in [1.82, 2.24) is 0 Å². The molecule has 0 spiro atoms. The zero-order chi connectivity index (χ0) is 15.2. The van der Waals surface area contributed by atoms with Crippen molar-refractivity contribution in [1.29, 1.82) is 0 Å². The van der Waals surface area contributed by atoms with Gasteiger partial charge in [0, 0.05) is 0 Å². The average molecular weight is 288 g/mol. The van der Waals surface area contributed by atoms with E-state index in [1.165, 1.54) is 12.1 Å². The van der Waals surface area contributed by atoms with Gasteiger partial charge in [-0.3, -0.25) is 4.79 Å². The monoisotopic (exact) mass is 288 g/mol. The summed E-state index contributed by atoms with van der Waals surface area (Å²) < 4.78 is 18.5. The lowest BCUT2D eigenvalue weighted by molar-refractivity contribution is -0.116. The molecule has 2 aromatic carbocycles. The Kier molecular flexibility index (Phi) is 4.77. The van der Waals surface area contributed by atoms with Gasteiger partial charge in [-0.15, -0.1) is 0 Å². The number of anilines is 2. The van der Waals surface area contributed by atoms with Gasteiger partial charge in [-0.25, -0.2) is 4.39 Å². The van der Waals surface area contributed by atoms with Gasteiger partial charge in [0.2, 0.25) is 5.91 Å². The summed E-state index contributed by atoms with van der Waals surface area (Å²) in [7, 11) is 0. The summed E-state index contributed by atoms with van der Waals surface area (Å²) in [4.78, 5) is 11.8. The number of benzene rings is 2. The third-order valence-electron chi connectivity index (χ3n) is 2.96. The molecule has 0 aromatic heterocycles. The molecule has 3 N–H and O–H groups in total. The van der Waals surface area contributed by atoms with E-state index in [-0.39, 0.29) is 24.8 Å². The first-order chi connectivity index (χ1) is 10.1. The molecule has 5 heteroatoms. The Morgan fingerprint density at radius 2 is 2.05 bits per heavy atom. The van der Waals surface area contributed by atoms with Gasteiger partial charge >= 0.3 is 0 Å². The second-order valence-electron chi connectivity index (χ2n) is 4.64. The predicted octanol–water partition coefficient (Wildman–Crippen LogP) is 3.12. The van der Waals surface area contributed by atoms with E-state index in [9.17, 15) is 9.18 Å². The third-order valence-corrected chi connectivity index (χ3v) is 2.96. The molecule has 0 atom stereocenters. The van der Waals surface area contributed by atoms with E-state index in [0.29, 0.717) is 22.7 Å². The van der Waals surface area contributed by atoms with E-state index < -0.39 is 0 Å². The Labute approximate surface area is 122 Å². The number of nitrogens with one attached hydrogen (secondary N) is 1. The standard InChI is InChI=1S/C16H17FN2O2/c1-11-10-12(6-7-13(11)17)21-9-8-16(20)19-15-5-3-2-4-14(15)18/h2-7,10H,8-9,18H2,1H3,(H,19,20). The van der Waals surface area contributed by atoms with E-state index in [4.69, 9.17) is 10.5 Å². The Morgan fingerprint density at radius 3 is 2.76 bits per heavy atom. The van der Waals surface area contributed by atoms with Crippen LogP contribution in [0.25, 0.3) is 0 Å². The molecule has 0 fully saturated rings. The van der Waals surface area contributed by atoms with Gasteiger partial charge < -0.3 is 15.8 Å². The van der Waals surface area contributed by atoms with Crippen LogP contribution in [-0.4, -0.2) is 12.5 Å². The summed E-state index contributed by atoms with van der Waals surface area (Å²) in [6.45, 7) is 1.87. The van der Waals surface area contributed by atoms with E-state index in [1.54, 1.807) is 37.3 Å². The molecule has 0 saturated carbocycles. The van der Waals surface area contributed by atoms with E-state index >= 15 is 0 Å². The molecule has 2 aromatic rings. The fraction of sp³-hybridized carbons (Fsp3) is 0.188. The van der Waals surface area contributed by atoms with Gasteiger partial charge in [0.1, 0.15) is 11.6 Å². The van der Waals surface area contributed by atoms with E-state index in [0.717, 1.165) is 0 Å². The number of nitrogen functional groups attached to an aromatic ring is 1. The molecule has 4 nitrogen and oxygen atoms in total. The average Bonchev–Trinajstić information content (AvgIpc) is 2.45. The number of rotatable bonds is 5. The highest BCUT2D eigenvalue weighted by Crippen LogP contribution is 2.18. The number of hydrogen-bond acceptors (Lipinski definition) is 3. The number of carbonyl (C=O) groups is 1. The van der Waals surface area contributed by atoms with Gasteiger partial charge in [0.25, 0.3) is 0 Å². The number of carbonyl (C=O) groups excluding carboxylic acids is 1. The van der Waals surface area contributed by atoms with Gasteiger partial charge in [-0.2, -0.15) is 0 Å². The van der Waals surface area contributed by atoms with Crippen LogP contribution < -0.4 is 15.8 Å². The highest BCUT2D eigenvalue weighted by Gasteiger charge is 2.06. The van der Waals surface area contributed by atoms with E-state index in [1.807, 2.05) is 0 Å². The first kappa shape index (κ1) is 14.8. The third kappa shape index (κ3) is 4.21. The minimum Gasteiger partial charge on any atom is -0.493 e. The lowest BCUT2D eigenvalue weighted by Crippen LogP contribution is -2.16. The number of para-hydroxylation sites is 2. The molecule has 0 aliphatic heterocycles. The maximum atomic E-state index is 13.1. The van der Waals surface area contributed by atoms with Crippen LogP contribution in [0, 0.1) is 12.7 Å². The molecule has 1 amide bonds. The van der Waals surface area contributed by atoms with Gasteiger partial charge in [0.05, 0.1) is 24.4 Å². The molecule has 0 radical (unpaired) electrons. The number of halogens is 1. The lowest BCUT2D eigenvalue weighted by Gasteiger charge is -2.09. The van der Waals surface area contributed by atoms with E-state index in [2.05, 4.69) is 5.32 Å². The maximum absolute atomic E-state index is 13.1. The van der Waals surface area contributed by atoms with Crippen LogP contribution in [0.1, 0.15) is 12.0 Å². The van der Waals surface area contributed by atoms with Crippen LogP contribution >= 0.6 is 0 Å². The zero-order valence-corrected chi connectivity index (χ0v) is 11.7. The summed E-state index contributed by atoms with van der Waals surface area (Å²) in [5, 5.41) is 2.71. The summed E-state index contributed by atoms with van der Waals surface area (Å²) in [5.41, 5.74) is 7.34. The highest BCUT2D eigenvalue weighted by atomic mass is 19.1. The summed E-state index contributed by atoms with van der Waals surface area (Å²) in [6, 6.07) is 11.5. The van der Waals surface area contributed by atoms with Crippen molar-refractivity contribution < 1.29 is 13.9 Å². The zero-order valence-electron chi connectivity index (χ0n) is 11.7. The number of amides is 1. The maximum Gasteiger partial charge on any atom is 0.227 e. The number of hydrogen-bond donors (Lipinski definition) is 2. The second-order valence-corrected chi connectivity index (χ2v) is 4.64. The minimum atomic E-state index is -0.278. The van der Waals surface area contributed by atoms with Crippen LogP contribution in [0.3, 0.4) is 0 Å². The molecule has 0 aliphatic rings. The van der Waals surface area contributed by atoms with Crippen LogP contribution in [0.15, 0.2) is 42.5 Å². The lowest BCUT2D eigenvalue weighted by atomic mass is 10.2. The van der Waals surface area contributed by atoms with Gasteiger partial charge in [-0.05, 0) is 42.8 Å². The van der Waals surface area contributed by atoms with Crippen molar-refractivity contribution in [2.45, 2.75) is 13.3 Å². The smallest absolute Gasteiger partial charge is 0.227 e. The van der Waals surface area contributed by atoms with Crippen LogP contribution in [-0.2, 0) is 4.79 Å². The molecule has 21 heavy (non-hydrogen) atoms. The molecule has 0 aliphatic carbocycles. The molecular formula is C16H17FN2O2. The Balaban J connectivity index is 1.82. The molecular weight excluding hydrogens is 271 g/mol. The normalized spacial score (nSPS) is 10.2. The Morgan fingerprint density at radius 1 is 1.29 bits per heavy atom. The van der Waals surface area contributed by atoms with Crippen LogP contribution in [0.5, 0.6) is 5.75 Å². The number of ether oxygens (including phenoxy) is 1. The van der Waals surface area contributed by atoms with Gasteiger partial charge in [0.15, 0.2) is 0 Å². The minimum absolute atomic E-state index is 0.185. The first-order valence-electron chi connectivity index (χ1n) is 6.59. The molecule has 0 bridgehead atoms. The quantitative estimate of drug-likeness (QED) is 0.831. The fourth-order valence-corrected chi connectivity index (χ4v) is 1.79. The number of nitrogens with two attached hydrogens (primary N) is 1. The molecule has 0 heterocycles. The predicted molar refractivity (Wildman–Crippen MR) is 80.7 cm³/mol. The second kappa shape index (κ2) is 6.74. The topological polar surface area (TPSA) is 64.3 Å². The van der Waals surface area contributed by atoms with Crippen molar-refractivity contribution in [3.05, 3.63) is 53.8 Å². The number of aryl methyl sites for hydroxylation is 1. The van der Waals surface area contributed by atoms with Crippen molar-refractivity contribution in [2.24, 2.45) is 0 Å². The van der Waals surface area contributed by atoms with Crippen molar-refractivity contribution in [3.8, 4) is 5.75 Å². The van der Waals surface area contributed by atoms with Crippen molar-refractivity contribution in [3.63, 3.8) is 0 Å². The van der Waals surface area contributed by atoms with Crippen molar-refractivity contribution in [2.75, 3.05) is 17.7 Å². The molecule has 110 valence electrons. The largest absolute Gasteiger partial charge is 0.493 e. The van der Waals surface area contributed by atoms with Crippen LogP contribution in [0.4, 0.5) is 15.8 Å². The first-order valence-corrected chi connectivity index (χ1v) is 6.59. The Hall–Kier alpha value is -2.56.